The number of cyclic esters (lactones) is 1. The van der Waals surface area contributed by atoms with E-state index < -0.39 is 18.3 Å². The van der Waals surface area contributed by atoms with Crippen LogP contribution in [-0.4, -0.2) is 81.3 Å². The first-order chi connectivity index (χ1) is 21.8. The van der Waals surface area contributed by atoms with Crippen LogP contribution in [0.25, 0.3) is 0 Å². The van der Waals surface area contributed by atoms with E-state index in [2.05, 4.69) is 6.92 Å². The van der Waals surface area contributed by atoms with Gasteiger partial charge < -0.3 is 34.6 Å². The molecule has 8 nitrogen and oxygen atoms in total. The number of hydrogen-bond acceptors (Lipinski definition) is 8. The highest BCUT2D eigenvalue weighted by Gasteiger charge is 2.40. The molecule has 45 heavy (non-hydrogen) atoms. The molecule has 9 atom stereocenters. The predicted octanol–water partition coefficient (Wildman–Crippen LogP) is 6.83. The van der Waals surface area contributed by atoms with Gasteiger partial charge in [0, 0.05) is 12.0 Å². The van der Waals surface area contributed by atoms with Crippen LogP contribution in [0.2, 0.25) is 0 Å². The number of esters is 1. The summed E-state index contributed by atoms with van der Waals surface area (Å²) in [7, 11) is 0. The Labute approximate surface area is 273 Å². The third-order valence-electron chi connectivity index (χ3n) is 10.1. The molecular formula is C37H66O8. The van der Waals surface area contributed by atoms with Crippen LogP contribution in [0.4, 0.5) is 0 Å². The third-order valence-corrected chi connectivity index (χ3v) is 10.1. The van der Waals surface area contributed by atoms with Crippen LogP contribution < -0.4 is 0 Å². The standard InChI is InChI=1S/C37H66O8/c1-3-4-5-6-7-8-9-13-19-31(40)33-21-23-35(44-33)36-24-22-34(45-36)32(41)20-15-14-17-29(38)16-11-10-12-18-30(39)26-28-25-27(2)43-37(28)42/h25,27,29-36,38-41H,3-24,26H2,1-2H3/t27-,29+,30+,31+,32+,33+,34+,35-,36+/m0/s1. The number of carbonyl (C=O) groups excluding carboxylic acids is 1. The molecule has 4 N–H and O–H groups in total. The van der Waals surface area contributed by atoms with Gasteiger partial charge in [-0.25, -0.2) is 4.79 Å². The molecule has 0 spiro atoms. The maximum atomic E-state index is 11.7. The second kappa shape index (κ2) is 21.8. The molecule has 0 aliphatic carbocycles. The fourth-order valence-electron chi connectivity index (χ4n) is 7.30. The summed E-state index contributed by atoms with van der Waals surface area (Å²) in [5, 5.41) is 42.0. The van der Waals surface area contributed by atoms with E-state index in [1.165, 1.54) is 44.9 Å². The first-order valence-corrected chi connectivity index (χ1v) is 18.7. The Hall–Kier alpha value is -1.03. The summed E-state index contributed by atoms with van der Waals surface area (Å²) in [6.07, 6.45) is 21.7. The Balaban J connectivity index is 1.16. The number of rotatable bonds is 25. The lowest BCUT2D eigenvalue weighted by Gasteiger charge is -2.24. The molecule has 0 amide bonds. The molecule has 0 aromatic carbocycles. The molecule has 0 aromatic heterocycles. The molecule has 2 fully saturated rings. The number of carbonyl (C=O) groups is 1. The van der Waals surface area contributed by atoms with Gasteiger partial charge in [0.1, 0.15) is 6.10 Å². The lowest BCUT2D eigenvalue weighted by molar-refractivity contribution is -0.139. The van der Waals surface area contributed by atoms with Gasteiger partial charge in [-0.05, 0) is 70.8 Å². The zero-order chi connectivity index (χ0) is 32.4. The van der Waals surface area contributed by atoms with E-state index in [9.17, 15) is 25.2 Å². The van der Waals surface area contributed by atoms with E-state index in [1.54, 1.807) is 6.08 Å². The highest BCUT2D eigenvalue weighted by Crippen LogP contribution is 2.34. The minimum absolute atomic E-state index is 0.00732. The summed E-state index contributed by atoms with van der Waals surface area (Å²) in [5.74, 6) is -0.315. The lowest BCUT2D eigenvalue weighted by Crippen LogP contribution is -2.33. The van der Waals surface area contributed by atoms with Crippen molar-refractivity contribution in [2.24, 2.45) is 0 Å². The van der Waals surface area contributed by atoms with Crippen molar-refractivity contribution in [2.45, 2.75) is 216 Å². The molecule has 8 heteroatoms. The van der Waals surface area contributed by atoms with Gasteiger partial charge in [0.15, 0.2) is 0 Å². The highest BCUT2D eigenvalue weighted by molar-refractivity contribution is 5.90. The molecular weight excluding hydrogens is 572 g/mol. The first kappa shape index (κ1) is 38.4. The van der Waals surface area contributed by atoms with Crippen LogP contribution >= 0.6 is 0 Å². The van der Waals surface area contributed by atoms with Gasteiger partial charge >= 0.3 is 5.97 Å². The van der Waals surface area contributed by atoms with E-state index in [0.29, 0.717) is 24.8 Å². The molecule has 3 aliphatic rings. The third kappa shape index (κ3) is 14.7. The average molecular weight is 639 g/mol. The molecule has 0 aromatic rings. The van der Waals surface area contributed by atoms with Crippen molar-refractivity contribution in [3.05, 3.63) is 11.6 Å². The second-order valence-electron chi connectivity index (χ2n) is 14.2. The van der Waals surface area contributed by atoms with Gasteiger partial charge in [0.25, 0.3) is 0 Å². The van der Waals surface area contributed by atoms with E-state index in [-0.39, 0.29) is 42.6 Å². The zero-order valence-electron chi connectivity index (χ0n) is 28.5. The smallest absolute Gasteiger partial charge is 0.334 e. The second-order valence-corrected chi connectivity index (χ2v) is 14.2. The Kier molecular flexibility index (Phi) is 18.6. The normalized spacial score (nSPS) is 27.8. The van der Waals surface area contributed by atoms with Crippen molar-refractivity contribution in [1.82, 2.24) is 0 Å². The molecule has 0 radical (unpaired) electrons. The van der Waals surface area contributed by atoms with Crippen LogP contribution in [0.5, 0.6) is 0 Å². The van der Waals surface area contributed by atoms with Crippen LogP contribution in [0.3, 0.4) is 0 Å². The fraction of sp³-hybridized carbons (Fsp3) is 0.919. The van der Waals surface area contributed by atoms with Crippen molar-refractivity contribution >= 4 is 5.97 Å². The Morgan fingerprint density at radius 3 is 1.62 bits per heavy atom. The van der Waals surface area contributed by atoms with Gasteiger partial charge in [-0.3, -0.25) is 0 Å². The average Bonchev–Trinajstić information content (AvgIpc) is 3.76. The maximum Gasteiger partial charge on any atom is 0.334 e. The summed E-state index contributed by atoms with van der Waals surface area (Å²) in [5.41, 5.74) is 0.575. The molecule has 3 aliphatic heterocycles. The van der Waals surface area contributed by atoms with E-state index in [0.717, 1.165) is 83.5 Å². The summed E-state index contributed by atoms with van der Waals surface area (Å²) in [4.78, 5) is 11.7. The monoisotopic (exact) mass is 638 g/mol. The summed E-state index contributed by atoms with van der Waals surface area (Å²) < 4.78 is 17.6. The Bertz CT molecular complexity index is 833. The molecule has 0 unspecified atom stereocenters. The van der Waals surface area contributed by atoms with Crippen LogP contribution in [0.15, 0.2) is 11.6 Å². The number of aliphatic hydroxyl groups is 4. The lowest BCUT2D eigenvalue weighted by atomic mass is 9.99. The van der Waals surface area contributed by atoms with Crippen molar-refractivity contribution in [1.29, 1.82) is 0 Å². The molecule has 3 rings (SSSR count). The number of ether oxygens (including phenoxy) is 3. The van der Waals surface area contributed by atoms with Crippen molar-refractivity contribution in [3.63, 3.8) is 0 Å². The number of aliphatic hydroxyl groups excluding tert-OH is 4. The van der Waals surface area contributed by atoms with E-state index >= 15 is 0 Å². The minimum atomic E-state index is -0.533. The minimum Gasteiger partial charge on any atom is -0.455 e. The van der Waals surface area contributed by atoms with Gasteiger partial charge in [0.05, 0.1) is 48.8 Å². The Morgan fingerprint density at radius 2 is 1.09 bits per heavy atom. The molecule has 262 valence electrons. The van der Waals surface area contributed by atoms with Crippen LogP contribution in [-0.2, 0) is 19.0 Å². The fourth-order valence-corrected chi connectivity index (χ4v) is 7.30. The zero-order valence-corrected chi connectivity index (χ0v) is 28.5. The number of hydrogen-bond donors (Lipinski definition) is 4. The van der Waals surface area contributed by atoms with E-state index in [1.807, 2.05) is 6.92 Å². The van der Waals surface area contributed by atoms with E-state index in [4.69, 9.17) is 14.2 Å². The van der Waals surface area contributed by atoms with Crippen LogP contribution in [0, 0.1) is 0 Å². The molecule has 2 saturated heterocycles. The molecule has 3 heterocycles. The predicted molar refractivity (Wildman–Crippen MR) is 177 cm³/mol. The summed E-state index contributed by atoms with van der Waals surface area (Å²) in [6.45, 7) is 4.06. The van der Waals surface area contributed by atoms with Gasteiger partial charge in [-0.2, -0.15) is 0 Å². The van der Waals surface area contributed by atoms with Crippen molar-refractivity contribution in [2.75, 3.05) is 0 Å². The largest absolute Gasteiger partial charge is 0.455 e. The molecule has 0 bridgehead atoms. The Morgan fingerprint density at radius 1 is 0.644 bits per heavy atom. The maximum absolute atomic E-state index is 11.7. The van der Waals surface area contributed by atoms with Gasteiger partial charge in [-0.15, -0.1) is 0 Å². The summed E-state index contributed by atoms with van der Waals surface area (Å²) in [6, 6.07) is 0. The first-order valence-electron chi connectivity index (χ1n) is 18.7. The highest BCUT2D eigenvalue weighted by atomic mass is 16.6. The topological polar surface area (TPSA) is 126 Å². The van der Waals surface area contributed by atoms with Crippen molar-refractivity contribution in [3.8, 4) is 0 Å². The van der Waals surface area contributed by atoms with Crippen LogP contribution in [0.1, 0.15) is 162 Å². The van der Waals surface area contributed by atoms with Crippen molar-refractivity contribution < 1.29 is 39.4 Å². The van der Waals surface area contributed by atoms with Gasteiger partial charge in [-0.1, -0.05) is 90.4 Å². The summed E-state index contributed by atoms with van der Waals surface area (Å²) >= 11 is 0. The number of unbranched alkanes of at least 4 members (excludes halogenated alkanes) is 10. The molecule has 0 saturated carbocycles. The quantitative estimate of drug-likeness (QED) is 0.0634. The SMILES string of the molecule is CCCCCCCCCC[C@@H](O)[C@H]1CC[C@@H]([C@H]2CC[C@H]([C@H](O)CCCC[C@H](O)CCCCC[C@@H](O)CC3=C[C@H](C)OC3=O)O2)O1. The van der Waals surface area contributed by atoms with Gasteiger partial charge in [0.2, 0.25) is 0 Å².